The largest absolute Gasteiger partial charge is 0.490 e. The van der Waals surface area contributed by atoms with Crippen LogP contribution in [0.4, 0.5) is 10.5 Å². The molecule has 56 heavy (non-hydrogen) atoms. The molecule has 314 valence electrons. The Morgan fingerprint density at radius 3 is 2.46 bits per heavy atom. The summed E-state index contributed by atoms with van der Waals surface area (Å²) >= 11 is 6.02. The highest BCUT2D eigenvalue weighted by Gasteiger charge is 2.42. The molecule has 5 rings (SSSR count). The van der Waals surface area contributed by atoms with Gasteiger partial charge in [-0.3, -0.25) is 20.8 Å². The first kappa shape index (κ1) is 44.0. The zero-order valence-electron chi connectivity index (χ0n) is 31.6. The molecule has 18 nitrogen and oxygen atoms in total. The molecule has 2 fully saturated rings. The van der Waals surface area contributed by atoms with E-state index in [1.165, 1.54) is 4.90 Å². The highest BCUT2D eigenvalue weighted by Crippen LogP contribution is 2.34. The van der Waals surface area contributed by atoms with E-state index in [0.717, 1.165) is 67.9 Å². The molecule has 0 spiro atoms. The lowest BCUT2D eigenvalue weighted by Gasteiger charge is -2.43. The molecule has 1 aliphatic carbocycles. The molecular formula is C37H55ClN4O14. The van der Waals surface area contributed by atoms with Gasteiger partial charge in [-0.15, -0.1) is 0 Å². The monoisotopic (exact) mass is 814 g/mol. The van der Waals surface area contributed by atoms with E-state index in [4.69, 9.17) is 65.7 Å². The first-order valence-electron chi connectivity index (χ1n) is 19.0. The van der Waals surface area contributed by atoms with Crippen LogP contribution in [-0.4, -0.2) is 144 Å². The summed E-state index contributed by atoms with van der Waals surface area (Å²) in [7, 11) is 1.69. The number of carbonyl (C=O) groups is 1. The summed E-state index contributed by atoms with van der Waals surface area (Å²) in [4.78, 5) is 26.2. The van der Waals surface area contributed by atoms with Crippen molar-refractivity contribution in [2.24, 2.45) is 0 Å². The summed E-state index contributed by atoms with van der Waals surface area (Å²) in [5.74, 6) is 1.57. The van der Waals surface area contributed by atoms with Gasteiger partial charge < -0.3 is 43.3 Å². The molecule has 1 saturated carbocycles. The van der Waals surface area contributed by atoms with Gasteiger partial charge in [-0.2, -0.15) is 0 Å². The maximum absolute atomic E-state index is 13.3. The molecule has 0 bridgehead atoms. The molecule has 1 saturated heterocycles. The lowest BCUT2D eigenvalue weighted by molar-refractivity contribution is -0.527. The van der Waals surface area contributed by atoms with Crippen LogP contribution in [0, 0.1) is 0 Å². The Morgan fingerprint density at radius 2 is 1.73 bits per heavy atom. The molecule has 2 aromatic rings. The van der Waals surface area contributed by atoms with Gasteiger partial charge in [0, 0.05) is 25.3 Å². The van der Waals surface area contributed by atoms with E-state index >= 15 is 0 Å². The zero-order valence-corrected chi connectivity index (χ0v) is 32.4. The van der Waals surface area contributed by atoms with E-state index in [1.807, 2.05) is 30.3 Å². The van der Waals surface area contributed by atoms with Gasteiger partial charge in [0.2, 0.25) is 0 Å². The zero-order chi connectivity index (χ0) is 39.9. The van der Waals surface area contributed by atoms with E-state index < -0.39 is 47.9 Å². The van der Waals surface area contributed by atoms with E-state index in [1.54, 1.807) is 19.2 Å². The van der Waals surface area contributed by atoms with E-state index in [9.17, 15) is 9.90 Å². The number of halogens is 1. The van der Waals surface area contributed by atoms with Crippen LogP contribution < -0.4 is 14.4 Å². The number of hydrogen-bond donors (Lipinski definition) is 5. The molecule has 2 aromatic carbocycles. The van der Waals surface area contributed by atoms with Crippen LogP contribution in [0.2, 0.25) is 5.02 Å². The standard InChI is InChI=1S/C37H55ClN4O14/c1-49-18-4-16-39-17-20-50-34-15-6-26(21-32(34)39)24-52-35-23-40(37(44)51-19-3-2-5-31(56-42(47)48)25-53-41(45)46)22-33(43)36(35)55-30-13-11-29(12-14-30)54-28-9-7-27(38)8-10-28/h6-10,15,21,29-31,33,35-36,43,45-48H,2-5,11-14,16-20,22-25H2,1H3. The Labute approximate surface area is 331 Å². The summed E-state index contributed by atoms with van der Waals surface area (Å²) < 4.78 is 35.9. The number of nitrogens with zero attached hydrogens (tertiary/aromatic N) is 4. The van der Waals surface area contributed by atoms with Gasteiger partial charge in [-0.1, -0.05) is 17.7 Å². The Morgan fingerprint density at radius 1 is 0.964 bits per heavy atom. The van der Waals surface area contributed by atoms with Crippen molar-refractivity contribution in [2.75, 3.05) is 64.6 Å². The third kappa shape index (κ3) is 14.1. The summed E-state index contributed by atoms with van der Waals surface area (Å²) in [5.41, 5.74) is 1.88. The number of likely N-dealkylation sites (tertiary alicyclic amines) is 1. The predicted molar refractivity (Wildman–Crippen MR) is 197 cm³/mol. The van der Waals surface area contributed by atoms with Gasteiger partial charge in [0.15, 0.2) is 0 Å². The summed E-state index contributed by atoms with van der Waals surface area (Å²) in [5, 5.41) is 46.5. The van der Waals surface area contributed by atoms with Crippen LogP contribution in [-0.2, 0) is 35.2 Å². The second-order valence-electron chi connectivity index (χ2n) is 14.0. The van der Waals surface area contributed by atoms with Crippen LogP contribution in [0.1, 0.15) is 56.9 Å². The molecule has 3 aliphatic rings. The van der Waals surface area contributed by atoms with Crippen molar-refractivity contribution in [3.63, 3.8) is 0 Å². The normalized spacial score (nSPS) is 23.2. The van der Waals surface area contributed by atoms with Crippen LogP contribution in [0.3, 0.4) is 0 Å². The SMILES string of the molecule is COCCCN1CCOc2ccc(COC3CN(C(=O)OCCCCC(CON(O)O)ON(O)O)CC(O)C3OC3CCC(Oc4ccc(Cl)cc4)CC3)cc21. The first-order chi connectivity index (χ1) is 27.1. The predicted octanol–water partition coefficient (Wildman–Crippen LogP) is 4.61. The fourth-order valence-electron chi connectivity index (χ4n) is 7.08. The minimum absolute atomic E-state index is 0.0140. The number of ether oxygens (including phenoxy) is 6. The van der Waals surface area contributed by atoms with Crippen molar-refractivity contribution in [2.45, 2.75) is 94.6 Å². The molecule has 5 N–H and O–H groups in total. The van der Waals surface area contributed by atoms with Crippen molar-refractivity contribution >= 4 is 23.4 Å². The Kier molecular flexibility index (Phi) is 17.9. The highest BCUT2D eigenvalue weighted by atomic mass is 35.5. The van der Waals surface area contributed by atoms with Crippen molar-refractivity contribution in [1.29, 1.82) is 0 Å². The Balaban J connectivity index is 1.18. The van der Waals surface area contributed by atoms with E-state index in [-0.39, 0.29) is 44.9 Å². The molecule has 2 aliphatic heterocycles. The van der Waals surface area contributed by atoms with E-state index in [2.05, 4.69) is 9.74 Å². The van der Waals surface area contributed by atoms with Crippen molar-refractivity contribution < 1.29 is 68.8 Å². The number of hydrogen-bond acceptors (Lipinski definition) is 17. The quantitative estimate of drug-likeness (QED) is 0.0862. The second-order valence-corrected chi connectivity index (χ2v) is 14.5. The average Bonchev–Trinajstić information content (AvgIpc) is 3.18. The molecular weight excluding hydrogens is 760 g/mol. The van der Waals surface area contributed by atoms with Crippen LogP contribution >= 0.6 is 11.6 Å². The molecule has 19 heteroatoms. The summed E-state index contributed by atoms with van der Waals surface area (Å²) in [6.45, 7) is 2.78. The van der Waals surface area contributed by atoms with Gasteiger partial charge in [-0.05, 0) is 93.3 Å². The number of methoxy groups -OCH3 is 1. The number of carbonyl (C=O) groups excluding carboxylic acids is 1. The third-order valence-electron chi connectivity index (χ3n) is 9.89. The van der Waals surface area contributed by atoms with Crippen LogP contribution in [0.15, 0.2) is 42.5 Å². The number of unbranched alkanes of at least 4 members (excludes halogenated alkanes) is 1. The fraction of sp³-hybridized carbons (Fsp3) is 0.649. The molecule has 4 atom stereocenters. The summed E-state index contributed by atoms with van der Waals surface area (Å²) in [6.07, 6.45) is 0.779. The lowest BCUT2D eigenvalue weighted by atomic mass is 9.93. The molecule has 0 radical (unpaired) electrons. The number of β-amino-alcohol motifs (C(OH)–C–C–N with tert-alkyl or cyclic N) is 1. The van der Waals surface area contributed by atoms with E-state index in [0.29, 0.717) is 31.1 Å². The van der Waals surface area contributed by atoms with Gasteiger partial charge in [-0.25, -0.2) is 14.5 Å². The van der Waals surface area contributed by atoms with Gasteiger partial charge in [0.1, 0.15) is 49.1 Å². The van der Waals surface area contributed by atoms with Gasteiger partial charge >= 0.3 is 6.09 Å². The highest BCUT2D eigenvalue weighted by molar-refractivity contribution is 6.30. The minimum atomic E-state index is -1.05. The number of benzene rings is 2. The topological polar surface area (TPSA) is 205 Å². The third-order valence-corrected chi connectivity index (χ3v) is 10.1. The number of rotatable bonds is 21. The number of aliphatic hydroxyl groups excluding tert-OH is 1. The maximum Gasteiger partial charge on any atom is 0.409 e. The van der Waals surface area contributed by atoms with Crippen molar-refractivity contribution in [3.8, 4) is 11.5 Å². The average molecular weight is 815 g/mol. The first-order valence-corrected chi connectivity index (χ1v) is 19.4. The Hall–Kier alpha value is -3.08. The number of aliphatic hydroxyl groups is 1. The Bertz CT molecular complexity index is 1450. The van der Waals surface area contributed by atoms with Crippen LogP contribution in [0.25, 0.3) is 0 Å². The van der Waals surface area contributed by atoms with Gasteiger partial charge in [0.05, 0.1) is 61.5 Å². The van der Waals surface area contributed by atoms with Crippen LogP contribution in [0.5, 0.6) is 11.5 Å². The van der Waals surface area contributed by atoms with Crippen molar-refractivity contribution in [1.82, 2.24) is 15.7 Å². The molecule has 1 amide bonds. The smallest absolute Gasteiger partial charge is 0.409 e. The lowest BCUT2D eigenvalue weighted by Crippen LogP contribution is -2.59. The second kappa shape index (κ2) is 22.8. The maximum atomic E-state index is 13.3. The molecule has 4 unspecified atom stereocenters. The molecule has 2 heterocycles. The molecule has 0 aromatic heterocycles. The summed E-state index contributed by atoms with van der Waals surface area (Å²) in [6, 6.07) is 13.2. The number of fused-ring (bicyclic) bond motifs is 1. The van der Waals surface area contributed by atoms with Gasteiger partial charge in [0.25, 0.3) is 0 Å². The minimum Gasteiger partial charge on any atom is -0.490 e. The fourth-order valence-corrected chi connectivity index (χ4v) is 7.21. The number of amides is 1. The number of piperidine rings is 1. The van der Waals surface area contributed by atoms with Crippen molar-refractivity contribution in [3.05, 3.63) is 53.1 Å². The number of anilines is 1.